The van der Waals surface area contributed by atoms with Gasteiger partial charge in [-0.25, -0.2) is 0 Å². The van der Waals surface area contributed by atoms with Gasteiger partial charge in [-0.3, -0.25) is 9.59 Å². The molecule has 0 saturated carbocycles. The summed E-state index contributed by atoms with van der Waals surface area (Å²) in [5.41, 5.74) is 5.80. The van der Waals surface area contributed by atoms with Crippen molar-refractivity contribution in [3.63, 3.8) is 0 Å². The van der Waals surface area contributed by atoms with Crippen molar-refractivity contribution >= 4 is 11.8 Å². The topological polar surface area (TPSA) is 75.4 Å². The highest BCUT2D eigenvalue weighted by atomic mass is 16.2. The van der Waals surface area contributed by atoms with Crippen LogP contribution in [0.2, 0.25) is 0 Å². The van der Waals surface area contributed by atoms with Crippen LogP contribution in [0.15, 0.2) is 0 Å². The normalized spacial score (nSPS) is 23.4. The molecule has 1 fully saturated rings. The molecular formula is C11H21N3O2. The third-order valence-electron chi connectivity index (χ3n) is 2.76. The molecule has 0 radical (unpaired) electrons. The van der Waals surface area contributed by atoms with Gasteiger partial charge in [0.2, 0.25) is 11.8 Å². The van der Waals surface area contributed by atoms with E-state index in [-0.39, 0.29) is 23.9 Å². The van der Waals surface area contributed by atoms with Gasteiger partial charge in [-0.2, -0.15) is 0 Å². The molecule has 0 aromatic rings. The molecule has 2 unspecified atom stereocenters. The van der Waals surface area contributed by atoms with Gasteiger partial charge in [0.15, 0.2) is 0 Å². The molecule has 1 aliphatic heterocycles. The molecule has 5 nitrogen and oxygen atoms in total. The van der Waals surface area contributed by atoms with E-state index in [9.17, 15) is 9.59 Å². The standard InChI is InChI=1S/C11H21N3O2/c1-7(2)13-11(16)8(3)14-6-9(12)4-5-10(14)15/h7-9H,4-6,12H2,1-3H3,(H,13,16). The number of nitrogens with two attached hydrogens (primary N) is 1. The highest BCUT2D eigenvalue weighted by molar-refractivity contribution is 5.87. The second-order valence-electron chi connectivity index (χ2n) is 4.68. The molecule has 1 saturated heterocycles. The molecule has 1 heterocycles. The van der Waals surface area contributed by atoms with Crippen LogP contribution in [0.3, 0.4) is 0 Å². The highest BCUT2D eigenvalue weighted by Crippen LogP contribution is 2.13. The molecule has 3 N–H and O–H groups in total. The molecule has 0 aliphatic carbocycles. The Hall–Kier alpha value is -1.10. The fourth-order valence-electron chi connectivity index (χ4n) is 1.82. The Balaban J connectivity index is 2.60. The average Bonchev–Trinajstić information content (AvgIpc) is 2.19. The number of rotatable bonds is 3. The summed E-state index contributed by atoms with van der Waals surface area (Å²) in [7, 11) is 0. The first kappa shape index (κ1) is 13.0. The Morgan fingerprint density at radius 2 is 2.12 bits per heavy atom. The summed E-state index contributed by atoms with van der Waals surface area (Å²) < 4.78 is 0. The van der Waals surface area contributed by atoms with Crippen LogP contribution in [-0.2, 0) is 9.59 Å². The van der Waals surface area contributed by atoms with E-state index in [0.29, 0.717) is 19.4 Å². The summed E-state index contributed by atoms with van der Waals surface area (Å²) in [4.78, 5) is 25.0. The number of carbonyl (C=O) groups is 2. The van der Waals surface area contributed by atoms with E-state index in [4.69, 9.17) is 5.73 Å². The lowest BCUT2D eigenvalue weighted by Crippen LogP contribution is -2.55. The molecule has 1 aliphatic rings. The Morgan fingerprint density at radius 3 is 2.69 bits per heavy atom. The van der Waals surface area contributed by atoms with Gasteiger partial charge < -0.3 is 16.0 Å². The molecule has 0 aromatic carbocycles. The summed E-state index contributed by atoms with van der Waals surface area (Å²) in [5.74, 6) is -0.0921. The maximum Gasteiger partial charge on any atom is 0.242 e. The maximum atomic E-state index is 11.8. The third kappa shape index (κ3) is 3.20. The van der Waals surface area contributed by atoms with Crippen LogP contribution in [0.5, 0.6) is 0 Å². The molecular weight excluding hydrogens is 206 g/mol. The van der Waals surface area contributed by atoms with E-state index in [1.54, 1.807) is 11.8 Å². The minimum atomic E-state index is -0.429. The summed E-state index contributed by atoms with van der Waals surface area (Å²) in [6.45, 7) is 6.02. The molecule has 1 rings (SSSR count). The lowest BCUT2D eigenvalue weighted by molar-refractivity contribution is -0.142. The quantitative estimate of drug-likeness (QED) is 0.704. The van der Waals surface area contributed by atoms with Crippen LogP contribution in [0.1, 0.15) is 33.6 Å². The summed E-state index contributed by atoms with van der Waals surface area (Å²) in [6.07, 6.45) is 1.16. The van der Waals surface area contributed by atoms with Gasteiger partial charge in [-0.05, 0) is 27.2 Å². The largest absolute Gasteiger partial charge is 0.352 e. The van der Waals surface area contributed by atoms with E-state index in [1.807, 2.05) is 13.8 Å². The van der Waals surface area contributed by atoms with Gasteiger partial charge in [-0.15, -0.1) is 0 Å². The Morgan fingerprint density at radius 1 is 1.50 bits per heavy atom. The van der Waals surface area contributed by atoms with Crippen LogP contribution in [0.4, 0.5) is 0 Å². The second kappa shape index (κ2) is 5.30. The zero-order valence-corrected chi connectivity index (χ0v) is 10.2. The zero-order valence-electron chi connectivity index (χ0n) is 10.2. The fourth-order valence-corrected chi connectivity index (χ4v) is 1.82. The summed E-state index contributed by atoms with van der Waals surface area (Å²) in [5, 5.41) is 2.80. The Kier molecular flexibility index (Phi) is 4.29. The van der Waals surface area contributed by atoms with Crippen LogP contribution >= 0.6 is 0 Å². The molecule has 0 spiro atoms. The molecule has 5 heteroatoms. The van der Waals surface area contributed by atoms with Crippen molar-refractivity contribution in [3.05, 3.63) is 0 Å². The Labute approximate surface area is 96.4 Å². The second-order valence-corrected chi connectivity index (χ2v) is 4.68. The minimum absolute atomic E-state index is 0.00741. The molecule has 16 heavy (non-hydrogen) atoms. The minimum Gasteiger partial charge on any atom is -0.352 e. The van der Waals surface area contributed by atoms with Crippen molar-refractivity contribution in [2.45, 2.75) is 51.7 Å². The van der Waals surface area contributed by atoms with Gasteiger partial charge in [0.1, 0.15) is 6.04 Å². The fraction of sp³-hybridized carbons (Fsp3) is 0.818. The average molecular weight is 227 g/mol. The van der Waals surface area contributed by atoms with Crippen LogP contribution in [0.25, 0.3) is 0 Å². The van der Waals surface area contributed by atoms with Crippen molar-refractivity contribution in [3.8, 4) is 0 Å². The first-order valence-corrected chi connectivity index (χ1v) is 5.77. The smallest absolute Gasteiger partial charge is 0.242 e. The van der Waals surface area contributed by atoms with E-state index < -0.39 is 6.04 Å². The molecule has 92 valence electrons. The van der Waals surface area contributed by atoms with E-state index >= 15 is 0 Å². The number of carbonyl (C=O) groups excluding carboxylic acids is 2. The zero-order chi connectivity index (χ0) is 12.3. The summed E-state index contributed by atoms with van der Waals surface area (Å²) >= 11 is 0. The van der Waals surface area contributed by atoms with Crippen molar-refractivity contribution < 1.29 is 9.59 Å². The van der Waals surface area contributed by atoms with Crippen molar-refractivity contribution in [1.82, 2.24) is 10.2 Å². The number of hydrogen-bond donors (Lipinski definition) is 2. The lowest BCUT2D eigenvalue weighted by Gasteiger charge is -2.34. The lowest BCUT2D eigenvalue weighted by atomic mass is 10.0. The first-order valence-electron chi connectivity index (χ1n) is 5.77. The van der Waals surface area contributed by atoms with E-state index in [0.717, 1.165) is 0 Å². The van der Waals surface area contributed by atoms with Gasteiger partial charge in [0.05, 0.1) is 0 Å². The number of nitrogens with one attached hydrogen (secondary N) is 1. The SMILES string of the molecule is CC(C)NC(=O)C(C)N1CC(N)CCC1=O. The van der Waals surface area contributed by atoms with Gasteiger partial charge in [-0.1, -0.05) is 0 Å². The molecule has 2 amide bonds. The molecule has 0 bridgehead atoms. The van der Waals surface area contributed by atoms with Crippen LogP contribution in [-0.4, -0.2) is 41.4 Å². The molecule has 0 aromatic heterocycles. The van der Waals surface area contributed by atoms with Gasteiger partial charge in [0, 0.05) is 25.0 Å². The van der Waals surface area contributed by atoms with Gasteiger partial charge >= 0.3 is 0 Å². The third-order valence-corrected chi connectivity index (χ3v) is 2.76. The number of likely N-dealkylation sites (tertiary alicyclic amines) is 1. The molecule has 2 atom stereocenters. The summed E-state index contributed by atoms with van der Waals surface area (Å²) in [6, 6.07) is -0.350. The van der Waals surface area contributed by atoms with E-state index in [2.05, 4.69) is 5.32 Å². The van der Waals surface area contributed by atoms with Crippen LogP contribution < -0.4 is 11.1 Å². The van der Waals surface area contributed by atoms with Crippen molar-refractivity contribution in [2.24, 2.45) is 5.73 Å². The van der Waals surface area contributed by atoms with Crippen LogP contribution in [0, 0.1) is 0 Å². The number of piperidine rings is 1. The predicted molar refractivity (Wildman–Crippen MR) is 61.7 cm³/mol. The first-order chi connectivity index (χ1) is 7.41. The maximum absolute atomic E-state index is 11.8. The highest BCUT2D eigenvalue weighted by Gasteiger charge is 2.30. The number of nitrogens with zero attached hydrogens (tertiary/aromatic N) is 1. The number of amides is 2. The predicted octanol–water partition coefficient (Wildman–Crippen LogP) is -0.151. The monoisotopic (exact) mass is 227 g/mol. The van der Waals surface area contributed by atoms with E-state index in [1.165, 1.54) is 0 Å². The Bertz CT molecular complexity index is 278. The van der Waals surface area contributed by atoms with Gasteiger partial charge in [0.25, 0.3) is 0 Å². The van der Waals surface area contributed by atoms with Crippen molar-refractivity contribution in [1.29, 1.82) is 0 Å². The number of hydrogen-bond acceptors (Lipinski definition) is 3. The van der Waals surface area contributed by atoms with Crippen molar-refractivity contribution in [2.75, 3.05) is 6.54 Å².